The Morgan fingerprint density at radius 1 is 1.64 bits per heavy atom. The molecule has 0 bridgehead atoms. The van der Waals surface area contributed by atoms with Gasteiger partial charge in [-0.25, -0.2) is 0 Å². The van der Waals surface area contributed by atoms with E-state index in [1.165, 1.54) is 5.57 Å². The summed E-state index contributed by atoms with van der Waals surface area (Å²) < 4.78 is 0. The van der Waals surface area contributed by atoms with E-state index in [1.54, 1.807) is 0 Å². The third kappa shape index (κ3) is 5.37. The van der Waals surface area contributed by atoms with Gasteiger partial charge in [0.05, 0.1) is 0 Å². The van der Waals surface area contributed by atoms with Crippen molar-refractivity contribution in [2.45, 2.75) is 19.4 Å². The van der Waals surface area contributed by atoms with Gasteiger partial charge in [-0.05, 0) is 27.1 Å². The van der Waals surface area contributed by atoms with Crippen LogP contribution in [0.2, 0.25) is 0 Å². The molecule has 11 heavy (non-hydrogen) atoms. The van der Waals surface area contributed by atoms with Crippen molar-refractivity contribution >= 4 is 8.73 Å². The molecule has 0 aliphatic carbocycles. The van der Waals surface area contributed by atoms with E-state index in [2.05, 4.69) is 30.6 Å². The van der Waals surface area contributed by atoms with Crippen LogP contribution in [-0.2, 0) is 0 Å². The van der Waals surface area contributed by atoms with E-state index in [0.29, 0.717) is 6.04 Å². The van der Waals surface area contributed by atoms with Crippen molar-refractivity contribution in [1.29, 1.82) is 0 Å². The van der Waals surface area contributed by atoms with E-state index in [-0.39, 0.29) is 0 Å². The summed E-state index contributed by atoms with van der Waals surface area (Å²) >= 11 is 0. The average molecular weight is 174 g/mol. The van der Waals surface area contributed by atoms with Crippen LogP contribution in [0.5, 0.6) is 0 Å². The predicted molar refractivity (Wildman–Crippen MR) is 54.5 cm³/mol. The maximum Gasteiger partial charge on any atom is 0.0283 e. The normalized spacial score (nSPS) is 14.1. The lowest BCUT2D eigenvalue weighted by Crippen LogP contribution is -2.28. The highest BCUT2D eigenvalue weighted by molar-refractivity contribution is 7.34. The lowest BCUT2D eigenvalue weighted by molar-refractivity contribution is 0.586. The average Bonchev–Trinajstić information content (AvgIpc) is 1.97. The minimum atomic E-state index is 0.471. The molecular formula is C8H19N2P. The van der Waals surface area contributed by atoms with Crippen LogP contribution in [-0.4, -0.2) is 26.3 Å². The molecule has 0 saturated carbocycles. The standard InChI is InChI=1S/C8H19N2P/c1-7(2)8(9-3)5-6-10-11-4/h8-11H,1,5-6H2,2-4H3. The van der Waals surface area contributed by atoms with Crippen LogP contribution in [0.15, 0.2) is 12.2 Å². The predicted octanol–water partition coefficient (Wildman–Crippen LogP) is 1.35. The van der Waals surface area contributed by atoms with Gasteiger partial charge in [0.1, 0.15) is 0 Å². The fourth-order valence-corrected chi connectivity index (χ4v) is 1.37. The second-order valence-electron chi connectivity index (χ2n) is 2.65. The summed E-state index contributed by atoms with van der Waals surface area (Å²) in [5, 5.41) is 6.54. The molecule has 0 spiro atoms. The molecule has 2 unspecified atom stereocenters. The molecule has 2 nitrogen and oxygen atoms in total. The quantitative estimate of drug-likeness (QED) is 0.361. The van der Waals surface area contributed by atoms with Gasteiger partial charge in [-0.1, -0.05) is 20.9 Å². The molecule has 0 aliphatic rings. The Labute approximate surface area is 71.7 Å². The topological polar surface area (TPSA) is 24.1 Å². The van der Waals surface area contributed by atoms with Crippen LogP contribution in [0.3, 0.4) is 0 Å². The summed E-state index contributed by atoms with van der Waals surface area (Å²) in [6, 6.07) is 0.471. The Morgan fingerprint density at radius 2 is 2.27 bits per heavy atom. The molecule has 0 aromatic carbocycles. The number of rotatable bonds is 6. The van der Waals surface area contributed by atoms with E-state index in [0.717, 1.165) is 21.7 Å². The fraction of sp³-hybridized carbons (Fsp3) is 0.750. The van der Waals surface area contributed by atoms with Gasteiger partial charge in [0.25, 0.3) is 0 Å². The zero-order valence-corrected chi connectivity index (χ0v) is 8.70. The molecule has 0 aliphatic heterocycles. The summed E-state index contributed by atoms with van der Waals surface area (Å²) in [6.45, 7) is 9.21. The Bertz CT molecular complexity index is 115. The van der Waals surface area contributed by atoms with Gasteiger partial charge in [0, 0.05) is 12.6 Å². The lowest BCUT2D eigenvalue weighted by atomic mass is 10.1. The van der Waals surface area contributed by atoms with Crippen LogP contribution in [0, 0.1) is 0 Å². The van der Waals surface area contributed by atoms with Crippen LogP contribution in [0.1, 0.15) is 13.3 Å². The van der Waals surface area contributed by atoms with Crippen LogP contribution in [0.25, 0.3) is 0 Å². The number of likely N-dealkylation sites (N-methyl/N-ethyl adjacent to an activating group) is 1. The van der Waals surface area contributed by atoms with Crippen molar-refractivity contribution in [3.8, 4) is 0 Å². The second kappa shape index (κ2) is 6.78. The largest absolute Gasteiger partial charge is 0.313 e. The summed E-state index contributed by atoms with van der Waals surface area (Å²) in [4.78, 5) is 0. The molecule has 0 rings (SSSR count). The molecule has 2 N–H and O–H groups in total. The summed E-state index contributed by atoms with van der Waals surface area (Å²) in [5.74, 6) is 0. The van der Waals surface area contributed by atoms with Gasteiger partial charge in [-0.15, -0.1) is 0 Å². The first-order chi connectivity index (χ1) is 5.22. The minimum Gasteiger partial charge on any atom is -0.313 e. The second-order valence-corrected chi connectivity index (χ2v) is 3.51. The highest BCUT2D eigenvalue weighted by Crippen LogP contribution is 2.02. The van der Waals surface area contributed by atoms with Crippen molar-refractivity contribution in [2.24, 2.45) is 0 Å². The number of hydrogen-bond acceptors (Lipinski definition) is 2. The highest BCUT2D eigenvalue weighted by atomic mass is 31.1. The molecule has 0 saturated heterocycles. The Hall–Kier alpha value is 0.0900. The van der Waals surface area contributed by atoms with Gasteiger partial charge < -0.3 is 5.32 Å². The molecule has 0 fully saturated rings. The molecule has 2 atom stereocenters. The molecule has 0 aromatic rings. The van der Waals surface area contributed by atoms with Crippen molar-refractivity contribution in [2.75, 3.05) is 20.3 Å². The zero-order valence-electron chi connectivity index (χ0n) is 7.70. The molecule has 66 valence electrons. The summed E-state index contributed by atoms with van der Waals surface area (Å²) in [6.07, 6.45) is 1.13. The van der Waals surface area contributed by atoms with Crippen LogP contribution >= 0.6 is 8.73 Å². The maximum atomic E-state index is 3.92. The van der Waals surface area contributed by atoms with Crippen molar-refractivity contribution in [3.05, 3.63) is 12.2 Å². The third-order valence-corrected chi connectivity index (χ3v) is 2.28. The van der Waals surface area contributed by atoms with Crippen molar-refractivity contribution < 1.29 is 0 Å². The maximum absolute atomic E-state index is 3.92. The van der Waals surface area contributed by atoms with Gasteiger partial charge in [0.2, 0.25) is 0 Å². The summed E-state index contributed by atoms with van der Waals surface area (Å²) in [7, 11) is 2.82. The third-order valence-electron chi connectivity index (χ3n) is 1.68. The Balaban J connectivity index is 3.44. The molecular weight excluding hydrogens is 155 g/mol. The van der Waals surface area contributed by atoms with Crippen LogP contribution < -0.4 is 10.4 Å². The van der Waals surface area contributed by atoms with Crippen LogP contribution in [0.4, 0.5) is 0 Å². The minimum absolute atomic E-state index is 0.471. The SMILES string of the molecule is C=C(C)C(CCNPC)NC. The molecule has 0 aromatic heterocycles. The van der Waals surface area contributed by atoms with E-state index < -0.39 is 0 Å². The molecule has 0 radical (unpaired) electrons. The Morgan fingerprint density at radius 3 is 2.64 bits per heavy atom. The molecule has 0 amide bonds. The van der Waals surface area contributed by atoms with Crippen molar-refractivity contribution in [1.82, 2.24) is 10.4 Å². The monoisotopic (exact) mass is 174 g/mol. The lowest BCUT2D eigenvalue weighted by Gasteiger charge is -2.15. The molecule has 3 heteroatoms. The molecule has 0 heterocycles. The van der Waals surface area contributed by atoms with Crippen molar-refractivity contribution in [3.63, 3.8) is 0 Å². The van der Waals surface area contributed by atoms with E-state index in [9.17, 15) is 0 Å². The first kappa shape index (κ1) is 11.1. The number of nitrogens with one attached hydrogen (secondary N) is 2. The smallest absolute Gasteiger partial charge is 0.0283 e. The van der Waals surface area contributed by atoms with Gasteiger partial charge in [0.15, 0.2) is 0 Å². The number of hydrogen-bond donors (Lipinski definition) is 2. The van der Waals surface area contributed by atoms with E-state index >= 15 is 0 Å². The highest BCUT2D eigenvalue weighted by Gasteiger charge is 2.04. The fourth-order valence-electron chi connectivity index (χ4n) is 0.979. The van der Waals surface area contributed by atoms with Gasteiger partial charge >= 0.3 is 0 Å². The van der Waals surface area contributed by atoms with Gasteiger partial charge in [-0.3, -0.25) is 5.09 Å². The summed E-state index contributed by atoms with van der Waals surface area (Å²) in [5.41, 5.74) is 1.22. The van der Waals surface area contributed by atoms with Gasteiger partial charge in [-0.2, -0.15) is 0 Å². The van der Waals surface area contributed by atoms with E-state index in [1.807, 2.05) is 7.05 Å². The van der Waals surface area contributed by atoms with E-state index in [4.69, 9.17) is 0 Å². The zero-order chi connectivity index (χ0) is 8.69. The first-order valence-electron chi connectivity index (χ1n) is 3.94. The Kier molecular flexibility index (Phi) is 6.83. The first-order valence-corrected chi connectivity index (χ1v) is 5.44.